The maximum atomic E-state index is 13.6. The van der Waals surface area contributed by atoms with Gasteiger partial charge in [0, 0.05) is 11.8 Å². The van der Waals surface area contributed by atoms with Crippen molar-refractivity contribution in [2.45, 2.75) is 6.54 Å². The summed E-state index contributed by atoms with van der Waals surface area (Å²) in [6, 6.07) is 6.17. The molecule has 0 bridgehead atoms. The maximum absolute atomic E-state index is 13.6. The minimum atomic E-state index is -0.657. The Bertz CT molecular complexity index is 574. The summed E-state index contributed by atoms with van der Waals surface area (Å²) in [4.78, 5) is 12.8. The number of ether oxygens (including phenoxy) is 1. The zero-order chi connectivity index (χ0) is 13.8. The molecule has 0 fully saturated rings. The van der Waals surface area contributed by atoms with Crippen LogP contribution in [-0.4, -0.2) is 12.5 Å². The van der Waals surface area contributed by atoms with Crippen molar-refractivity contribution in [2.75, 3.05) is 12.0 Å². The minimum absolute atomic E-state index is 0.126. The van der Waals surface area contributed by atoms with E-state index in [1.807, 2.05) is 16.8 Å². The molecule has 0 N–H and O–H groups in total. The number of rotatable bonds is 4. The Balaban J connectivity index is 2.29. The lowest BCUT2D eigenvalue weighted by Gasteiger charge is -2.19. The normalized spacial score (nSPS) is 10.3. The summed E-state index contributed by atoms with van der Waals surface area (Å²) in [5.74, 6) is -0.408. The van der Waals surface area contributed by atoms with Gasteiger partial charge in [-0.25, -0.2) is 4.39 Å². The molecular weight excluding hydrogens is 289 g/mol. The zero-order valence-electron chi connectivity index (χ0n) is 10.1. The molecule has 19 heavy (non-hydrogen) atoms. The van der Waals surface area contributed by atoms with E-state index in [4.69, 9.17) is 16.3 Å². The maximum Gasteiger partial charge on any atom is 0.321 e. The van der Waals surface area contributed by atoms with E-state index in [2.05, 4.69) is 0 Å². The number of methoxy groups -OCH3 is 1. The van der Waals surface area contributed by atoms with Gasteiger partial charge >= 0.3 is 5.37 Å². The van der Waals surface area contributed by atoms with Crippen molar-refractivity contribution in [2.24, 2.45) is 0 Å². The van der Waals surface area contributed by atoms with Crippen LogP contribution in [0.4, 0.5) is 14.9 Å². The Morgan fingerprint density at radius 3 is 2.79 bits per heavy atom. The van der Waals surface area contributed by atoms with E-state index >= 15 is 0 Å². The molecule has 2 rings (SSSR count). The first-order chi connectivity index (χ1) is 9.11. The molecule has 1 amide bonds. The van der Waals surface area contributed by atoms with Gasteiger partial charge < -0.3 is 4.74 Å². The van der Waals surface area contributed by atoms with Gasteiger partial charge in [-0.3, -0.25) is 9.69 Å². The van der Waals surface area contributed by atoms with Gasteiger partial charge in [0.25, 0.3) is 0 Å². The summed E-state index contributed by atoms with van der Waals surface area (Å²) in [6.45, 7) is 0.303. The molecule has 3 nitrogen and oxygen atoms in total. The Labute approximate surface area is 119 Å². The topological polar surface area (TPSA) is 29.5 Å². The van der Waals surface area contributed by atoms with Crippen molar-refractivity contribution < 1.29 is 13.9 Å². The highest BCUT2D eigenvalue weighted by atomic mass is 35.5. The first kappa shape index (κ1) is 13.8. The van der Waals surface area contributed by atoms with E-state index in [1.165, 1.54) is 35.5 Å². The monoisotopic (exact) mass is 299 g/mol. The Kier molecular flexibility index (Phi) is 4.39. The second kappa shape index (κ2) is 6.04. The number of hydrogen-bond acceptors (Lipinski definition) is 3. The third-order valence-corrected chi connectivity index (χ3v) is 3.52. The van der Waals surface area contributed by atoms with Crippen molar-refractivity contribution in [3.8, 4) is 5.75 Å². The smallest absolute Gasteiger partial charge is 0.321 e. The lowest BCUT2D eigenvalue weighted by molar-refractivity contribution is 0.264. The molecule has 0 saturated carbocycles. The first-order valence-corrected chi connectivity index (χ1v) is 6.75. The van der Waals surface area contributed by atoms with Crippen molar-refractivity contribution in [3.63, 3.8) is 0 Å². The van der Waals surface area contributed by atoms with E-state index in [-0.39, 0.29) is 5.75 Å². The highest BCUT2D eigenvalue weighted by molar-refractivity contribution is 7.07. The van der Waals surface area contributed by atoms with E-state index < -0.39 is 11.2 Å². The van der Waals surface area contributed by atoms with Gasteiger partial charge in [0.1, 0.15) is 0 Å². The van der Waals surface area contributed by atoms with Gasteiger partial charge in [-0.2, -0.15) is 11.3 Å². The number of amides is 1. The molecule has 2 aromatic rings. The quantitative estimate of drug-likeness (QED) is 0.623. The van der Waals surface area contributed by atoms with Crippen LogP contribution in [0.2, 0.25) is 0 Å². The molecule has 0 aliphatic rings. The van der Waals surface area contributed by atoms with Crippen molar-refractivity contribution in [3.05, 3.63) is 46.4 Å². The predicted molar refractivity (Wildman–Crippen MR) is 74.7 cm³/mol. The summed E-state index contributed by atoms with van der Waals surface area (Å²) < 4.78 is 18.5. The molecular formula is C13H11ClFNO2S. The Morgan fingerprint density at radius 2 is 2.26 bits per heavy atom. The van der Waals surface area contributed by atoms with Crippen LogP contribution in [0.1, 0.15) is 5.56 Å². The number of carbonyl (C=O) groups is 1. The summed E-state index contributed by atoms with van der Waals surface area (Å²) in [5.41, 5.74) is 1.33. The fourth-order valence-corrected chi connectivity index (χ4v) is 2.46. The van der Waals surface area contributed by atoms with Crippen LogP contribution >= 0.6 is 22.9 Å². The predicted octanol–water partition coefficient (Wildman–Crippen LogP) is 4.26. The van der Waals surface area contributed by atoms with Crippen molar-refractivity contribution in [1.82, 2.24) is 0 Å². The molecule has 1 heterocycles. The second-order valence-corrected chi connectivity index (χ2v) is 4.89. The average molecular weight is 300 g/mol. The molecule has 0 unspecified atom stereocenters. The van der Waals surface area contributed by atoms with Crippen LogP contribution in [-0.2, 0) is 6.54 Å². The van der Waals surface area contributed by atoms with Gasteiger partial charge in [0.05, 0.1) is 13.7 Å². The summed E-state index contributed by atoms with van der Waals surface area (Å²) in [7, 11) is 1.38. The lowest BCUT2D eigenvalue weighted by Crippen LogP contribution is -2.24. The van der Waals surface area contributed by atoms with E-state index in [0.29, 0.717) is 12.2 Å². The number of halogens is 2. The van der Waals surface area contributed by atoms with Gasteiger partial charge in [0.2, 0.25) is 0 Å². The fourth-order valence-electron chi connectivity index (χ4n) is 1.64. The standard InChI is InChI=1S/C13H11ClFNO2S/c1-18-12-3-2-10(6-11(12)15)16(13(14)17)7-9-4-5-19-8-9/h2-6,8H,7H2,1H3. The van der Waals surface area contributed by atoms with Gasteiger partial charge in [-0.1, -0.05) is 0 Å². The number of benzene rings is 1. The molecule has 0 aliphatic carbocycles. The second-order valence-electron chi connectivity index (χ2n) is 3.79. The molecule has 0 atom stereocenters. The molecule has 1 aromatic heterocycles. The zero-order valence-corrected chi connectivity index (χ0v) is 11.7. The van der Waals surface area contributed by atoms with Crippen LogP contribution in [0.25, 0.3) is 0 Å². The molecule has 0 spiro atoms. The molecule has 100 valence electrons. The van der Waals surface area contributed by atoms with Crippen LogP contribution in [0.3, 0.4) is 0 Å². The fraction of sp³-hybridized carbons (Fsp3) is 0.154. The molecule has 0 radical (unpaired) electrons. The summed E-state index contributed by atoms with van der Waals surface area (Å²) in [6.07, 6.45) is 0. The van der Waals surface area contributed by atoms with Gasteiger partial charge in [0.15, 0.2) is 11.6 Å². The third-order valence-electron chi connectivity index (χ3n) is 2.58. The number of thiophene rings is 1. The third kappa shape index (κ3) is 3.24. The molecule has 0 saturated heterocycles. The number of anilines is 1. The highest BCUT2D eigenvalue weighted by Gasteiger charge is 2.16. The highest BCUT2D eigenvalue weighted by Crippen LogP contribution is 2.26. The number of carbonyl (C=O) groups excluding carboxylic acids is 1. The van der Waals surface area contributed by atoms with Crippen LogP contribution in [0.15, 0.2) is 35.0 Å². The van der Waals surface area contributed by atoms with Crippen LogP contribution in [0, 0.1) is 5.82 Å². The number of hydrogen-bond donors (Lipinski definition) is 0. The lowest BCUT2D eigenvalue weighted by atomic mass is 10.2. The average Bonchev–Trinajstić information content (AvgIpc) is 2.88. The first-order valence-electron chi connectivity index (χ1n) is 5.43. The largest absolute Gasteiger partial charge is 0.494 e. The van der Waals surface area contributed by atoms with E-state index in [0.717, 1.165) is 5.56 Å². The Morgan fingerprint density at radius 1 is 1.47 bits per heavy atom. The van der Waals surface area contributed by atoms with E-state index in [1.54, 1.807) is 6.07 Å². The van der Waals surface area contributed by atoms with Crippen LogP contribution < -0.4 is 9.64 Å². The number of nitrogens with zero attached hydrogens (tertiary/aromatic N) is 1. The van der Waals surface area contributed by atoms with Gasteiger partial charge in [-0.05, 0) is 46.1 Å². The van der Waals surface area contributed by atoms with Crippen molar-refractivity contribution >= 4 is 34.0 Å². The van der Waals surface area contributed by atoms with Crippen LogP contribution in [0.5, 0.6) is 5.75 Å². The molecule has 1 aromatic carbocycles. The van der Waals surface area contributed by atoms with Gasteiger partial charge in [-0.15, -0.1) is 0 Å². The molecule has 0 aliphatic heterocycles. The summed E-state index contributed by atoms with van der Waals surface area (Å²) >= 11 is 7.08. The SMILES string of the molecule is COc1ccc(N(Cc2ccsc2)C(=O)Cl)cc1F. The molecule has 6 heteroatoms. The van der Waals surface area contributed by atoms with E-state index in [9.17, 15) is 9.18 Å². The minimum Gasteiger partial charge on any atom is -0.494 e. The summed E-state index contributed by atoms with van der Waals surface area (Å²) in [5, 5.41) is 3.16. The Hall–Kier alpha value is -1.59. The van der Waals surface area contributed by atoms with Crippen molar-refractivity contribution in [1.29, 1.82) is 0 Å².